The molecule has 7 nitrogen and oxygen atoms in total. The first kappa shape index (κ1) is 24.6. The fourth-order valence-electron chi connectivity index (χ4n) is 4.49. The third-order valence-corrected chi connectivity index (χ3v) is 5.95. The molecule has 0 spiro atoms. The Labute approximate surface area is 193 Å². The van der Waals surface area contributed by atoms with Gasteiger partial charge in [-0.15, -0.1) is 0 Å². The van der Waals surface area contributed by atoms with Crippen molar-refractivity contribution in [2.45, 2.75) is 39.5 Å². The SMILES string of the molecule is CCCOCCOC(=O)C1=C(C)NC2=C(C(=O)[C@H](C(=O)OC)[C@@H](C)C2)[C@@H]1c1cccc(F)c1. The number of carbonyl (C=O) groups is 3. The van der Waals surface area contributed by atoms with Gasteiger partial charge < -0.3 is 19.5 Å². The van der Waals surface area contributed by atoms with Crippen molar-refractivity contribution in [2.75, 3.05) is 26.9 Å². The lowest BCUT2D eigenvalue weighted by Crippen LogP contribution is -2.43. The summed E-state index contributed by atoms with van der Waals surface area (Å²) in [7, 11) is 1.24. The van der Waals surface area contributed by atoms with Crippen LogP contribution in [-0.2, 0) is 28.6 Å². The summed E-state index contributed by atoms with van der Waals surface area (Å²) >= 11 is 0. The van der Waals surface area contributed by atoms with Crippen LogP contribution in [0.25, 0.3) is 0 Å². The highest BCUT2D eigenvalue weighted by Crippen LogP contribution is 2.45. The predicted octanol–water partition coefficient (Wildman–Crippen LogP) is 3.41. The molecule has 178 valence electrons. The number of hydrogen-bond acceptors (Lipinski definition) is 7. The second-order valence-electron chi connectivity index (χ2n) is 8.34. The summed E-state index contributed by atoms with van der Waals surface area (Å²) < 4.78 is 29.8. The summed E-state index contributed by atoms with van der Waals surface area (Å²) in [6.45, 7) is 6.37. The third-order valence-electron chi connectivity index (χ3n) is 5.95. The van der Waals surface area contributed by atoms with Gasteiger partial charge in [0.05, 0.1) is 19.3 Å². The molecule has 1 aliphatic carbocycles. The Kier molecular flexibility index (Phi) is 8.02. The van der Waals surface area contributed by atoms with Crippen LogP contribution in [-0.4, -0.2) is 44.7 Å². The minimum absolute atomic E-state index is 0.0488. The van der Waals surface area contributed by atoms with E-state index < -0.39 is 35.4 Å². The number of hydrogen-bond donors (Lipinski definition) is 1. The molecule has 1 aromatic rings. The Morgan fingerprint density at radius 1 is 1.21 bits per heavy atom. The first-order valence-corrected chi connectivity index (χ1v) is 11.1. The fourth-order valence-corrected chi connectivity index (χ4v) is 4.49. The standard InChI is InChI=1S/C25H30FNO6/c1-5-9-32-10-11-33-25(30)20-15(3)27-18-12-14(2)19(24(29)31-4)23(28)22(18)21(20)16-7-6-8-17(26)13-16/h6-8,13-14,19,21,27H,5,9-12H2,1-4H3/t14-,19+,21+/m0/s1. The van der Waals surface area contributed by atoms with Crippen molar-refractivity contribution in [3.8, 4) is 0 Å². The fraction of sp³-hybridized carbons (Fsp3) is 0.480. The molecule has 0 bridgehead atoms. The number of ketones is 1. The van der Waals surface area contributed by atoms with Crippen LogP contribution in [0.4, 0.5) is 4.39 Å². The Hall–Kier alpha value is -3.00. The van der Waals surface area contributed by atoms with E-state index in [1.165, 1.54) is 25.3 Å². The van der Waals surface area contributed by atoms with Gasteiger partial charge >= 0.3 is 11.9 Å². The lowest BCUT2D eigenvalue weighted by molar-refractivity contribution is -0.151. The number of dihydropyridines is 1. The van der Waals surface area contributed by atoms with Crippen LogP contribution in [0.1, 0.15) is 45.1 Å². The number of esters is 2. The lowest BCUT2D eigenvalue weighted by Gasteiger charge is -2.38. The molecule has 0 fully saturated rings. The van der Waals surface area contributed by atoms with E-state index in [2.05, 4.69) is 5.32 Å². The summed E-state index contributed by atoms with van der Waals surface area (Å²) in [4.78, 5) is 39.1. The second-order valence-corrected chi connectivity index (χ2v) is 8.34. The Morgan fingerprint density at radius 3 is 2.64 bits per heavy atom. The van der Waals surface area contributed by atoms with Crippen LogP contribution in [0.15, 0.2) is 46.8 Å². The molecule has 0 radical (unpaired) electrons. The van der Waals surface area contributed by atoms with Gasteiger partial charge in [0, 0.05) is 29.5 Å². The minimum Gasteiger partial charge on any atom is -0.468 e. The van der Waals surface area contributed by atoms with Crippen LogP contribution in [0.5, 0.6) is 0 Å². The smallest absolute Gasteiger partial charge is 0.336 e. The first-order valence-electron chi connectivity index (χ1n) is 11.1. The molecule has 1 aliphatic heterocycles. The molecule has 0 unspecified atom stereocenters. The van der Waals surface area contributed by atoms with Crippen molar-refractivity contribution < 1.29 is 33.0 Å². The number of halogens is 1. The van der Waals surface area contributed by atoms with Crippen molar-refractivity contribution in [3.63, 3.8) is 0 Å². The summed E-state index contributed by atoms with van der Waals surface area (Å²) in [5, 5.41) is 3.17. The Bertz CT molecular complexity index is 998. The van der Waals surface area contributed by atoms with Gasteiger partial charge in [0.15, 0.2) is 5.78 Å². The average molecular weight is 460 g/mol. The van der Waals surface area contributed by atoms with Crippen LogP contribution in [0.3, 0.4) is 0 Å². The number of Topliss-reactive ketones (excluding diaryl/α,β-unsaturated/α-hetero) is 1. The van der Waals surface area contributed by atoms with E-state index >= 15 is 0 Å². The Morgan fingerprint density at radius 2 is 1.97 bits per heavy atom. The Balaban J connectivity index is 2.02. The van der Waals surface area contributed by atoms with Crippen molar-refractivity contribution in [3.05, 3.63) is 58.2 Å². The van der Waals surface area contributed by atoms with Crippen molar-refractivity contribution in [1.82, 2.24) is 5.32 Å². The van der Waals surface area contributed by atoms with E-state index in [1.54, 1.807) is 19.9 Å². The lowest BCUT2D eigenvalue weighted by atomic mass is 9.69. The van der Waals surface area contributed by atoms with Gasteiger partial charge in [0.1, 0.15) is 18.3 Å². The maximum absolute atomic E-state index is 14.2. The van der Waals surface area contributed by atoms with E-state index in [-0.39, 0.29) is 30.3 Å². The molecule has 1 heterocycles. The highest BCUT2D eigenvalue weighted by Gasteiger charge is 2.47. The molecule has 8 heteroatoms. The topological polar surface area (TPSA) is 90.9 Å². The average Bonchev–Trinajstić information content (AvgIpc) is 2.77. The number of methoxy groups -OCH3 is 1. The number of rotatable bonds is 8. The van der Waals surface area contributed by atoms with Crippen molar-refractivity contribution >= 4 is 17.7 Å². The van der Waals surface area contributed by atoms with E-state index in [9.17, 15) is 18.8 Å². The zero-order valence-electron chi connectivity index (χ0n) is 19.4. The predicted molar refractivity (Wildman–Crippen MR) is 118 cm³/mol. The quantitative estimate of drug-likeness (QED) is 0.362. The van der Waals surface area contributed by atoms with E-state index in [0.29, 0.717) is 30.0 Å². The van der Waals surface area contributed by atoms with Gasteiger partial charge in [0.25, 0.3) is 0 Å². The van der Waals surface area contributed by atoms with E-state index in [0.717, 1.165) is 6.42 Å². The van der Waals surface area contributed by atoms with Crippen LogP contribution in [0.2, 0.25) is 0 Å². The van der Waals surface area contributed by atoms with Gasteiger partial charge in [0.2, 0.25) is 0 Å². The van der Waals surface area contributed by atoms with E-state index in [1.807, 2.05) is 6.92 Å². The summed E-state index contributed by atoms with van der Waals surface area (Å²) in [5.41, 5.74) is 2.07. The molecule has 0 aromatic heterocycles. The number of carbonyl (C=O) groups excluding carboxylic acids is 3. The maximum Gasteiger partial charge on any atom is 0.336 e. The second kappa shape index (κ2) is 10.7. The van der Waals surface area contributed by atoms with Crippen LogP contribution in [0, 0.1) is 17.7 Å². The van der Waals surface area contributed by atoms with Gasteiger partial charge in [-0.05, 0) is 43.4 Å². The molecular formula is C25H30FNO6. The highest BCUT2D eigenvalue weighted by atomic mass is 19.1. The van der Waals surface area contributed by atoms with Gasteiger partial charge in [-0.3, -0.25) is 9.59 Å². The molecule has 0 saturated carbocycles. The molecule has 33 heavy (non-hydrogen) atoms. The first-order chi connectivity index (χ1) is 15.8. The highest BCUT2D eigenvalue weighted by molar-refractivity contribution is 6.12. The summed E-state index contributed by atoms with van der Waals surface area (Å²) in [6.07, 6.45) is 1.26. The third kappa shape index (κ3) is 5.16. The molecule has 1 N–H and O–H groups in total. The number of nitrogens with one attached hydrogen (secondary N) is 1. The van der Waals surface area contributed by atoms with Crippen LogP contribution < -0.4 is 5.32 Å². The summed E-state index contributed by atoms with van der Waals surface area (Å²) in [5.74, 6) is -4.32. The van der Waals surface area contributed by atoms with E-state index in [4.69, 9.17) is 14.2 Å². The number of benzene rings is 1. The van der Waals surface area contributed by atoms with Gasteiger partial charge in [-0.1, -0.05) is 26.0 Å². The van der Waals surface area contributed by atoms with Gasteiger partial charge in [-0.2, -0.15) is 0 Å². The molecular weight excluding hydrogens is 429 g/mol. The molecule has 1 aromatic carbocycles. The largest absolute Gasteiger partial charge is 0.468 e. The molecule has 3 rings (SSSR count). The van der Waals surface area contributed by atoms with Gasteiger partial charge in [-0.25, -0.2) is 9.18 Å². The number of ether oxygens (including phenoxy) is 3. The monoisotopic (exact) mass is 459 g/mol. The number of allylic oxidation sites excluding steroid dienone is 3. The molecule has 0 saturated heterocycles. The summed E-state index contributed by atoms with van der Waals surface area (Å²) in [6, 6.07) is 5.77. The van der Waals surface area contributed by atoms with Crippen LogP contribution >= 0.6 is 0 Å². The molecule has 3 atom stereocenters. The molecule has 2 aliphatic rings. The minimum atomic E-state index is -0.996. The maximum atomic E-state index is 14.2. The molecule has 0 amide bonds. The van der Waals surface area contributed by atoms with Crippen molar-refractivity contribution in [1.29, 1.82) is 0 Å². The normalized spacial score (nSPS) is 22.6. The zero-order valence-corrected chi connectivity index (χ0v) is 19.4. The zero-order chi connectivity index (χ0) is 24.1. The van der Waals surface area contributed by atoms with Crippen molar-refractivity contribution in [2.24, 2.45) is 11.8 Å².